The number of hydrogen-bond acceptors (Lipinski definition) is 4. The van der Waals surface area contributed by atoms with E-state index in [2.05, 4.69) is 0 Å². The number of rotatable bonds is 6. The molecule has 0 bridgehead atoms. The minimum absolute atomic E-state index is 0. The second-order valence-electron chi connectivity index (χ2n) is 5.34. The van der Waals surface area contributed by atoms with E-state index in [-0.39, 0.29) is 40.6 Å². The summed E-state index contributed by atoms with van der Waals surface area (Å²) in [6.45, 7) is 4.56. The molecule has 1 aromatic rings. The Balaban J connectivity index is 0.00000441. The number of carbonyl (C=O) groups is 1. The molecule has 6 nitrogen and oxygen atoms in total. The molecule has 0 saturated carbocycles. The third-order valence-corrected chi connectivity index (χ3v) is 3.71. The molecular weight excluding hydrogens is 329 g/mol. The van der Waals surface area contributed by atoms with Gasteiger partial charge >= 0.3 is 0 Å². The summed E-state index contributed by atoms with van der Waals surface area (Å²) in [5, 5.41) is 10.7. The second-order valence-corrected chi connectivity index (χ2v) is 5.75. The van der Waals surface area contributed by atoms with E-state index in [1.54, 1.807) is 7.05 Å². The number of nitrogens with two attached hydrogens (primary N) is 1. The zero-order chi connectivity index (χ0) is 16.2. The van der Waals surface area contributed by atoms with Crippen molar-refractivity contribution in [3.05, 3.63) is 38.9 Å². The molecule has 2 N–H and O–H groups in total. The first-order valence-corrected chi connectivity index (χ1v) is 7.06. The maximum Gasteiger partial charge on any atom is 0.270 e. The summed E-state index contributed by atoms with van der Waals surface area (Å²) in [7, 11) is 1.66. The molecule has 124 valence electrons. The number of nitro groups is 1. The van der Waals surface area contributed by atoms with E-state index in [0.717, 1.165) is 0 Å². The molecule has 22 heavy (non-hydrogen) atoms. The van der Waals surface area contributed by atoms with Gasteiger partial charge in [0.1, 0.15) is 0 Å². The van der Waals surface area contributed by atoms with Crippen molar-refractivity contribution >= 4 is 35.6 Å². The standard InChI is InChI=1S/C14H20ClN3O3.ClH/c1-9(2)13(16)6-7-17(3)14(19)11-5-4-10(18(20)21)8-12(11)15;/h4-5,8-9,13H,6-7,16H2,1-3H3;1H. The van der Waals surface area contributed by atoms with E-state index in [1.165, 1.54) is 23.1 Å². The van der Waals surface area contributed by atoms with Crippen molar-refractivity contribution < 1.29 is 9.72 Å². The monoisotopic (exact) mass is 349 g/mol. The number of non-ortho nitro benzene ring substituents is 1. The molecule has 0 fully saturated rings. The van der Waals surface area contributed by atoms with Crippen LogP contribution in [0.3, 0.4) is 0 Å². The molecule has 0 aliphatic rings. The third kappa shape index (κ3) is 5.44. The third-order valence-electron chi connectivity index (χ3n) is 3.39. The van der Waals surface area contributed by atoms with E-state index < -0.39 is 4.92 Å². The van der Waals surface area contributed by atoms with Crippen LogP contribution < -0.4 is 5.73 Å². The van der Waals surface area contributed by atoms with Crippen LogP contribution in [0.15, 0.2) is 18.2 Å². The van der Waals surface area contributed by atoms with Crippen LogP contribution in [0.1, 0.15) is 30.6 Å². The number of nitro benzene ring substituents is 1. The van der Waals surface area contributed by atoms with Gasteiger partial charge in [-0.3, -0.25) is 14.9 Å². The van der Waals surface area contributed by atoms with Gasteiger partial charge in [-0.05, 0) is 18.4 Å². The molecule has 0 aromatic heterocycles. The fourth-order valence-corrected chi connectivity index (χ4v) is 2.03. The maximum absolute atomic E-state index is 12.3. The molecule has 1 rings (SSSR count). The Labute approximate surface area is 141 Å². The van der Waals surface area contributed by atoms with Gasteiger partial charge in [-0.1, -0.05) is 25.4 Å². The van der Waals surface area contributed by atoms with Crippen LogP contribution >= 0.6 is 24.0 Å². The molecular formula is C14H21Cl2N3O3. The van der Waals surface area contributed by atoms with Crippen LogP contribution in [0.5, 0.6) is 0 Å². The molecule has 1 unspecified atom stereocenters. The lowest BCUT2D eigenvalue weighted by Crippen LogP contribution is -2.34. The Morgan fingerprint density at radius 2 is 2.05 bits per heavy atom. The van der Waals surface area contributed by atoms with Crippen LogP contribution in [-0.2, 0) is 0 Å². The summed E-state index contributed by atoms with van der Waals surface area (Å²) in [6, 6.07) is 3.85. The second kappa shape index (κ2) is 8.92. The Morgan fingerprint density at radius 3 is 2.50 bits per heavy atom. The maximum atomic E-state index is 12.3. The van der Waals surface area contributed by atoms with Gasteiger partial charge in [-0.15, -0.1) is 12.4 Å². The van der Waals surface area contributed by atoms with E-state index in [1.807, 2.05) is 13.8 Å². The summed E-state index contributed by atoms with van der Waals surface area (Å²) in [6.07, 6.45) is 0.685. The first-order valence-electron chi connectivity index (χ1n) is 6.69. The zero-order valence-electron chi connectivity index (χ0n) is 12.8. The van der Waals surface area contributed by atoms with Gasteiger partial charge in [0, 0.05) is 31.8 Å². The van der Waals surface area contributed by atoms with E-state index in [4.69, 9.17) is 17.3 Å². The van der Waals surface area contributed by atoms with Crippen LogP contribution in [0.25, 0.3) is 0 Å². The smallest absolute Gasteiger partial charge is 0.270 e. The summed E-state index contributed by atoms with van der Waals surface area (Å²) in [5.41, 5.74) is 6.06. The molecule has 1 atom stereocenters. The van der Waals surface area contributed by atoms with Crippen LogP contribution in [0.4, 0.5) is 5.69 Å². The normalized spacial score (nSPS) is 11.7. The predicted molar refractivity (Wildman–Crippen MR) is 89.7 cm³/mol. The van der Waals surface area contributed by atoms with Crippen molar-refractivity contribution in [1.29, 1.82) is 0 Å². The van der Waals surface area contributed by atoms with Gasteiger partial charge in [0.15, 0.2) is 0 Å². The SMILES string of the molecule is CC(C)C(N)CCN(C)C(=O)c1ccc([N+](=O)[O-])cc1Cl.Cl. The molecule has 1 aromatic carbocycles. The first kappa shape index (κ1) is 20.6. The number of hydrogen-bond donors (Lipinski definition) is 1. The minimum Gasteiger partial charge on any atom is -0.342 e. The van der Waals surface area contributed by atoms with Crippen molar-refractivity contribution in [2.24, 2.45) is 11.7 Å². The number of nitrogens with zero attached hydrogens (tertiary/aromatic N) is 2. The van der Waals surface area contributed by atoms with Crippen molar-refractivity contribution in [1.82, 2.24) is 4.90 Å². The minimum atomic E-state index is -0.550. The molecule has 8 heteroatoms. The van der Waals surface area contributed by atoms with Crippen molar-refractivity contribution in [3.63, 3.8) is 0 Å². The average molecular weight is 350 g/mol. The molecule has 0 heterocycles. The van der Waals surface area contributed by atoms with Crippen LogP contribution in [0.2, 0.25) is 5.02 Å². The molecule has 0 radical (unpaired) electrons. The van der Waals surface area contributed by atoms with E-state index in [9.17, 15) is 14.9 Å². The largest absolute Gasteiger partial charge is 0.342 e. The predicted octanol–water partition coefficient (Wildman–Crippen LogP) is 3.12. The number of amides is 1. The molecule has 0 aliphatic heterocycles. The lowest BCUT2D eigenvalue weighted by atomic mass is 10.0. The van der Waals surface area contributed by atoms with Gasteiger partial charge in [0.05, 0.1) is 15.5 Å². The van der Waals surface area contributed by atoms with Gasteiger partial charge in [-0.25, -0.2) is 0 Å². The quantitative estimate of drug-likeness (QED) is 0.630. The highest BCUT2D eigenvalue weighted by Gasteiger charge is 2.19. The number of halogens is 2. The summed E-state index contributed by atoms with van der Waals surface area (Å²) in [5.74, 6) is 0.0716. The lowest BCUT2D eigenvalue weighted by Gasteiger charge is -2.22. The Kier molecular flexibility index (Phi) is 8.37. The summed E-state index contributed by atoms with van der Waals surface area (Å²) < 4.78 is 0. The fourth-order valence-electron chi connectivity index (χ4n) is 1.77. The number of benzene rings is 1. The highest BCUT2D eigenvalue weighted by molar-refractivity contribution is 6.34. The van der Waals surface area contributed by atoms with Gasteiger partial charge < -0.3 is 10.6 Å². The van der Waals surface area contributed by atoms with Gasteiger partial charge in [0.25, 0.3) is 11.6 Å². The Morgan fingerprint density at radius 1 is 1.45 bits per heavy atom. The Bertz CT molecular complexity index is 538. The van der Waals surface area contributed by atoms with Gasteiger partial charge in [0.2, 0.25) is 0 Å². The van der Waals surface area contributed by atoms with Crippen LogP contribution in [-0.4, -0.2) is 35.4 Å². The van der Waals surface area contributed by atoms with E-state index in [0.29, 0.717) is 18.9 Å². The summed E-state index contributed by atoms with van der Waals surface area (Å²) in [4.78, 5) is 23.9. The Hall–Kier alpha value is -1.37. The lowest BCUT2D eigenvalue weighted by molar-refractivity contribution is -0.384. The molecule has 0 saturated heterocycles. The number of carbonyl (C=O) groups excluding carboxylic acids is 1. The summed E-state index contributed by atoms with van der Waals surface area (Å²) >= 11 is 5.95. The molecule has 0 spiro atoms. The highest BCUT2D eigenvalue weighted by atomic mass is 35.5. The zero-order valence-corrected chi connectivity index (χ0v) is 14.4. The highest BCUT2D eigenvalue weighted by Crippen LogP contribution is 2.23. The van der Waals surface area contributed by atoms with Crippen molar-refractivity contribution in [2.45, 2.75) is 26.3 Å². The first-order chi connectivity index (χ1) is 9.73. The molecule has 0 aliphatic carbocycles. The van der Waals surface area contributed by atoms with Crippen molar-refractivity contribution in [3.8, 4) is 0 Å². The van der Waals surface area contributed by atoms with Crippen LogP contribution in [0, 0.1) is 16.0 Å². The van der Waals surface area contributed by atoms with E-state index >= 15 is 0 Å². The van der Waals surface area contributed by atoms with Crippen molar-refractivity contribution in [2.75, 3.05) is 13.6 Å². The van der Waals surface area contributed by atoms with Gasteiger partial charge in [-0.2, -0.15) is 0 Å². The molecule has 1 amide bonds. The topological polar surface area (TPSA) is 89.5 Å². The fraction of sp³-hybridized carbons (Fsp3) is 0.500. The average Bonchev–Trinajstić information content (AvgIpc) is 2.43.